The molecule has 23 heavy (non-hydrogen) atoms. The van der Waals surface area contributed by atoms with E-state index in [4.69, 9.17) is 18.9 Å². The van der Waals surface area contributed by atoms with E-state index in [0.717, 1.165) is 18.4 Å². The molecular weight excluding hydrogens is 296 g/mol. The van der Waals surface area contributed by atoms with Gasteiger partial charge in [-0.15, -0.1) is 0 Å². The van der Waals surface area contributed by atoms with Gasteiger partial charge in [0.1, 0.15) is 0 Å². The van der Waals surface area contributed by atoms with Crippen molar-refractivity contribution in [3.8, 4) is 0 Å². The molecule has 0 N–H and O–H groups in total. The first-order valence-electron chi connectivity index (χ1n) is 8.14. The minimum absolute atomic E-state index is 0.0338. The molecule has 0 saturated carbocycles. The zero-order chi connectivity index (χ0) is 16.5. The van der Waals surface area contributed by atoms with E-state index in [2.05, 4.69) is 6.92 Å². The lowest BCUT2D eigenvalue weighted by Gasteiger charge is -2.45. The largest absolute Gasteiger partial charge is 0.468 e. The summed E-state index contributed by atoms with van der Waals surface area (Å²) in [4.78, 5) is 12.8. The van der Waals surface area contributed by atoms with Crippen molar-refractivity contribution in [3.63, 3.8) is 0 Å². The molecule has 0 spiro atoms. The highest BCUT2D eigenvalue weighted by Crippen LogP contribution is 2.54. The van der Waals surface area contributed by atoms with Crippen molar-refractivity contribution in [1.82, 2.24) is 0 Å². The lowest BCUT2D eigenvalue weighted by Crippen LogP contribution is -2.59. The van der Waals surface area contributed by atoms with E-state index in [-0.39, 0.29) is 18.2 Å². The van der Waals surface area contributed by atoms with Crippen LogP contribution >= 0.6 is 0 Å². The second-order valence-electron chi connectivity index (χ2n) is 6.26. The first-order chi connectivity index (χ1) is 11.1. The Bertz CT molecular complexity index is 560. The molecule has 1 aromatic rings. The normalized spacial score (nSPS) is 36.0. The number of hydrogen-bond donors (Lipinski definition) is 0. The van der Waals surface area contributed by atoms with E-state index in [1.165, 1.54) is 14.2 Å². The van der Waals surface area contributed by atoms with Crippen LogP contribution in [0.5, 0.6) is 0 Å². The van der Waals surface area contributed by atoms with Crippen molar-refractivity contribution in [1.29, 1.82) is 0 Å². The quantitative estimate of drug-likeness (QED) is 0.781. The summed E-state index contributed by atoms with van der Waals surface area (Å²) < 4.78 is 23.0. The number of hydrogen-bond acceptors (Lipinski definition) is 5. The average Bonchev–Trinajstić information content (AvgIpc) is 2.93. The molecule has 4 unspecified atom stereocenters. The topological polar surface area (TPSA) is 54.0 Å². The second-order valence-corrected chi connectivity index (χ2v) is 6.26. The van der Waals surface area contributed by atoms with Crippen LogP contribution in [0.1, 0.15) is 31.7 Å². The second kappa shape index (κ2) is 6.23. The van der Waals surface area contributed by atoms with E-state index < -0.39 is 11.4 Å². The lowest BCUT2D eigenvalue weighted by molar-refractivity contribution is -0.392. The molecule has 3 rings (SSSR count). The fourth-order valence-electron chi connectivity index (χ4n) is 3.86. The molecule has 2 fully saturated rings. The Kier molecular flexibility index (Phi) is 4.45. The maximum absolute atomic E-state index is 12.8. The minimum atomic E-state index is -1.38. The van der Waals surface area contributed by atoms with Crippen LogP contribution in [-0.4, -0.2) is 38.4 Å². The number of fused-ring (bicyclic) bond motifs is 2. The van der Waals surface area contributed by atoms with Crippen molar-refractivity contribution < 1.29 is 23.7 Å². The molecule has 0 amide bonds. The molecule has 126 valence electrons. The molecule has 2 aliphatic heterocycles. The third kappa shape index (κ3) is 2.47. The van der Waals surface area contributed by atoms with Gasteiger partial charge in [0.05, 0.1) is 19.3 Å². The highest BCUT2D eigenvalue weighted by Gasteiger charge is 2.69. The maximum Gasteiger partial charge on any atom is 0.320 e. The van der Waals surface area contributed by atoms with Gasteiger partial charge in [-0.2, -0.15) is 0 Å². The Balaban J connectivity index is 2.02. The molecule has 2 saturated heterocycles. The summed E-state index contributed by atoms with van der Waals surface area (Å²) in [5.74, 6) is -1.72. The highest BCUT2D eigenvalue weighted by atomic mass is 16.9. The molecule has 5 nitrogen and oxygen atoms in total. The van der Waals surface area contributed by atoms with Gasteiger partial charge < -0.3 is 18.9 Å². The van der Waals surface area contributed by atoms with Crippen LogP contribution in [0.15, 0.2) is 30.3 Å². The highest BCUT2D eigenvalue weighted by molar-refractivity contribution is 5.78. The molecule has 2 aliphatic rings. The van der Waals surface area contributed by atoms with Crippen molar-refractivity contribution >= 4 is 5.97 Å². The molecule has 4 atom stereocenters. The van der Waals surface area contributed by atoms with Crippen molar-refractivity contribution in [2.45, 2.75) is 50.8 Å². The number of carbonyl (C=O) groups is 1. The van der Waals surface area contributed by atoms with Crippen LogP contribution in [0.25, 0.3) is 0 Å². The van der Waals surface area contributed by atoms with Crippen LogP contribution in [0.2, 0.25) is 0 Å². The monoisotopic (exact) mass is 320 g/mol. The van der Waals surface area contributed by atoms with Crippen LogP contribution in [0, 0.1) is 5.41 Å². The van der Waals surface area contributed by atoms with E-state index >= 15 is 0 Å². The number of ether oxygens (including phenoxy) is 4. The van der Waals surface area contributed by atoms with Gasteiger partial charge in [0, 0.05) is 7.11 Å². The van der Waals surface area contributed by atoms with E-state index in [9.17, 15) is 4.79 Å². The molecule has 0 radical (unpaired) electrons. The molecule has 0 aliphatic carbocycles. The Morgan fingerprint density at radius 1 is 1.26 bits per heavy atom. The van der Waals surface area contributed by atoms with Gasteiger partial charge in [0.2, 0.25) is 0 Å². The number of rotatable bonds is 5. The summed E-state index contributed by atoms with van der Waals surface area (Å²) >= 11 is 0. The molecule has 5 heteroatoms. The van der Waals surface area contributed by atoms with Gasteiger partial charge >= 0.3 is 11.9 Å². The fraction of sp³-hybridized carbons (Fsp3) is 0.611. The number of benzene rings is 1. The predicted molar refractivity (Wildman–Crippen MR) is 83.6 cm³/mol. The molecular formula is C18H24O5. The van der Waals surface area contributed by atoms with E-state index in [1.54, 1.807) is 0 Å². The van der Waals surface area contributed by atoms with Gasteiger partial charge in [-0.05, 0) is 31.2 Å². The summed E-state index contributed by atoms with van der Waals surface area (Å²) in [7, 11) is 2.93. The smallest absolute Gasteiger partial charge is 0.320 e. The standard InChI is InChI=1S/C18H24O5/c1-4-14-15-10-11-17(16(19)20-2,18(21-3,22-14)23-15)12-13-8-6-5-7-9-13/h5-9,14-15H,4,10-12H2,1-3H3. The zero-order valence-corrected chi connectivity index (χ0v) is 13.9. The summed E-state index contributed by atoms with van der Waals surface area (Å²) in [6.07, 6.45) is 2.55. The van der Waals surface area contributed by atoms with Crippen LogP contribution in [0.3, 0.4) is 0 Å². The average molecular weight is 320 g/mol. The third-order valence-electron chi connectivity index (χ3n) is 5.07. The molecule has 0 aromatic heterocycles. The number of carbonyl (C=O) groups excluding carboxylic acids is 1. The Labute approximate surface area is 136 Å². The SMILES string of the molecule is CCC1OC2(OC)OC1CCC2(Cc1ccccc1)C(=O)OC. The summed E-state index contributed by atoms with van der Waals surface area (Å²) in [6, 6.07) is 9.85. The summed E-state index contributed by atoms with van der Waals surface area (Å²) in [5.41, 5.74) is 0.0260. The Hall–Kier alpha value is -1.43. The van der Waals surface area contributed by atoms with Crippen LogP contribution < -0.4 is 0 Å². The van der Waals surface area contributed by atoms with Gasteiger partial charge in [0.15, 0.2) is 5.41 Å². The Morgan fingerprint density at radius 2 is 2.00 bits per heavy atom. The van der Waals surface area contributed by atoms with Crippen molar-refractivity contribution in [2.24, 2.45) is 5.41 Å². The van der Waals surface area contributed by atoms with Crippen LogP contribution in [-0.2, 0) is 30.2 Å². The van der Waals surface area contributed by atoms with Crippen molar-refractivity contribution in [3.05, 3.63) is 35.9 Å². The molecule has 2 bridgehead atoms. The predicted octanol–water partition coefficient (Wildman–Crippen LogP) is 2.68. The third-order valence-corrected chi connectivity index (χ3v) is 5.07. The molecule has 2 heterocycles. The summed E-state index contributed by atoms with van der Waals surface area (Å²) in [6.45, 7) is 2.05. The fourth-order valence-corrected chi connectivity index (χ4v) is 3.86. The first-order valence-corrected chi connectivity index (χ1v) is 8.14. The van der Waals surface area contributed by atoms with Gasteiger partial charge in [-0.1, -0.05) is 37.3 Å². The number of methoxy groups -OCH3 is 2. The van der Waals surface area contributed by atoms with Gasteiger partial charge in [-0.3, -0.25) is 4.79 Å². The summed E-state index contributed by atoms with van der Waals surface area (Å²) in [5, 5.41) is 0. The van der Waals surface area contributed by atoms with E-state index in [1.807, 2.05) is 30.3 Å². The number of esters is 1. The van der Waals surface area contributed by atoms with Gasteiger partial charge in [0.25, 0.3) is 0 Å². The zero-order valence-electron chi connectivity index (χ0n) is 13.9. The van der Waals surface area contributed by atoms with E-state index in [0.29, 0.717) is 12.8 Å². The lowest BCUT2D eigenvalue weighted by atomic mass is 9.73. The van der Waals surface area contributed by atoms with Crippen molar-refractivity contribution in [2.75, 3.05) is 14.2 Å². The Morgan fingerprint density at radius 3 is 2.61 bits per heavy atom. The minimum Gasteiger partial charge on any atom is -0.468 e. The molecule has 1 aromatic carbocycles. The maximum atomic E-state index is 12.8. The first kappa shape index (κ1) is 16.4. The van der Waals surface area contributed by atoms with Gasteiger partial charge in [-0.25, -0.2) is 0 Å². The van der Waals surface area contributed by atoms with Crippen LogP contribution in [0.4, 0.5) is 0 Å².